The first-order valence-corrected chi connectivity index (χ1v) is 5.71. The van der Waals surface area contributed by atoms with E-state index in [1.165, 1.54) is 0 Å². The molecule has 0 aromatic heterocycles. The van der Waals surface area contributed by atoms with E-state index in [1.807, 2.05) is 6.92 Å². The number of carbonyl (C=O) groups is 1. The number of amides is 1. The van der Waals surface area contributed by atoms with E-state index in [1.54, 1.807) is 24.3 Å². The number of nitrogens with zero attached hydrogens (tertiary/aromatic N) is 1. The third-order valence-electron chi connectivity index (χ3n) is 3.17. The topological polar surface area (TPSA) is 64.9 Å². The molecule has 1 fully saturated rings. The zero-order chi connectivity index (χ0) is 12.3. The van der Waals surface area contributed by atoms with Gasteiger partial charge in [-0.05, 0) is 38.4 Å². The highest BCUT2D eigenvalue weighted by molar-refractivity contribution is 5.98. The summed E-state index contributed by atoms with van der Waals surface area (Å²) in [5.41, 5.74) is 0.556. The van der Waals surface area contributed by atoms with Crippen LogP contribution < -0.4 is 10.6 Å². The first-order chi connectivity index (χ1) is 8.15. The molecule has 1 amide bonds. The lowest BCUT2D eigenvalue weighted by molar-refractivity contribution is -0.121. The second-order valence-corrected chi connectivity index (χ2v) is 4.47. The Morgan fingerprint density at radius 1 is 1.53 bits per heavy atom. The van der Waals surface area contributed by atoms with Crippen LogP contribution in [0.5, 0.6) is 0 Å². The monoisotopic (exact) mass is 229 g/mol. The number of hydrogen-bond acceptors (Lipinski definition) is 3. The number of benzene rings is 1. The molecule has 0 saturated carbocycles. The fourth-order valence-electron chi connectivity index (χ4n) is 2.04. The van der Waals surface area contributed by atoms with Gasteiger partial charge in [-0.25, -0.2) is 0 Å². The predicted molar refractivity (Wildman–Crippen MR) is 65.4 cm³/mol. The zero-order valence-electron chi connectivity index (χ0n) is 9.79. The van der Waals surface area contributed by atoms with Crippen molar-refractivity contribution in [3.63, 3.8) is 0 Å². The van der Waals surface area contributed by atoms with Crippen LogP contribution in [-0.2, 0) is 4.79 Å². The quantitative estimate of drug-likeness (QED) is 0.810. The van der Waals surface area contributed by atoms with Crippen LogP contribution in [0.1, 0.15) is 25.3 Å². The molecule has 88 valence electrons. The van der Waals surface area contributed by atoms with Gasteiger partial charge in [0.15, 0.2) is 0 Å². The molecule has 1 aliphatic rings. The normalized spacial score (nSPS) is 23.1. The summed E-state index contributed by atoms with van der Waals surface area (Å²) in [6.07, 6.45) is 1.83. The summed E-state index contributed by atoms with van der Waals surface area (Å²) in [6, 6.07) is 9.10. The van der Waals surface area contributed by atoms with Crippen molar-refractivity contribution in [2.24, 2.45) is 0 Å². The first-order valence-electron chi connectivity index (χ1n) is 5.71. The molecule has 4 heteroatoms. The number of rotatable bonds is 2. The van der Waals surface area contributed by atoms with E-state index in [4.69, 9.17) is 5.26 Å². The number of nitrogens with one attached hydrogen (secondary N) is 2. The van der Waals surface area contributed by atoms with Crippen molar-refractivity contribution in [3.05, 3.63) is 29.8 Å². The highest BCUT2D eigenvalue weighted by Gasteiger charge is 2.35. The van der Waals surface area contributed by atoms with Crippen molar-refractivity contribution in [1.29, 1.82) is 5.26 Å². The highest BCUT2D eigenvalue weighted by atomic mass is 16.2. The SMILES string of the molecule is CC1(C(=O)Nc2ccccc2C#N)CCCN1. The molecule has 0 spiro atoms. The zero-order valence-corrected chi connectivity index (χ0v) is 9.79. The van der Waals surface area contributed by atoms with Gasteiger partial charge in [0.25, 0.3) is 0 Å². The Bertz CT molecular complexity index is 470. The van der Waals surface area contributed by atoms with Crippen molar-refractivity contribution in [2.75, 3.05) is 11.9 Å². The molecular formula is C13H15N3O. The standard InChI is InChI=1S/C13H15N3O/c1-13(7-4-8-15-13)12(17)16-11-6-3-2-5-10(11)9-14/h2-3,5-6,15H,4,7-8H2,1H3,(H,16,17). The molecule has 1 unspecified atom stereocenters. The van der Waals surface area contributed by atoms with Crippen molar-refractivity contribution < 1.29 is 4.79 Å². The summed E-state index contributed by atoms with van der Waals surface area (Å²) in [7, 11) is 0. The second-order valence-electron chi connectivity index (χ2n) is 4.47. The average molecular weight is 229 g/mol. The molecule has 1 aliphatic heterocycles. The Labute approximate surface area is 101 Å². The van der Waals surface area contributed by atoms with Gasteiger partial charge in [-0.2, -0.15) is 5.26 Å². The lowest BCUT2D eigenvalue weighted by atomic mass is 9.99. The minimum absolute atomic E-state index is 0.0716. The van der Waals surface area contributed by atoms with E-state index in [-0.39, 0.29) is 5.91 Å². The van der Waals surface area contributed by atoms with Crippen molar-refractivity contribution in [3.8, 4) is 6.07 Å². The third kappa shape index (κ3) is 2.29. The Kier molecular flexibility index (Phi) is 3.12. The smallest absolute Gasteiger partial charge is 0.244 e. The van der Waals surface area contributed by atoms with Crippen LogP contribution in [0.25, 0.3) is 0 Å². The lowest BCUT2D eigenvalue weighted by Crippen LogP contribution is -2.48. The minimum atomic E-state index is -0.511. The van der Waals surface area contributed by atoms with Gasteiger partial charge >= 0.3 is 0 Å². The summed E-state index contributed by atoms with van der Waals surface area (Å²) >= 11 is 0. The maximum atomic E-state index is 12.1. The first kappa shape index (κ1) is 11.6. The van der Waals surface area contributed by atoms with Gasteiger partial charge < -0.3 is 10.6 Å². The molecule has 0 bridgehead atoms. The molecule has 2 rings (SSSR count). The van der Waals surface area contributed by atoms with Crippen LogP contribution in [0.2, 0.25) is 0 Å². The molecule has 4 nitrogen and oxygen atoms in total. The summed E-state index contributed by atoms with van der Waals surface area (Å²) in [6.45, 7) is 2.76. The molecule has 0 aliphatic carbocycles. The molecule has 1 saturated heterocycles. The molecule has 1 aromatic rings. The van der Waals surface area contributed by atoms with Gasteiger partial charge in [0.05, 0.1) is 16.8 Å². The molecule has 1 atom stereocenters. The fourth-order valence-corrected chi connectivity index (χ4v) is 2.04. The maximum Gasteiger partial charge on any atom is 0.244 e. The third-order valence-corrected chi connectivity index (χ3v) is 3.17. The van der Waals surface area contributed by atoms with Crippen LogP contribution in [-0.4, -0.2) is 18.0 Å². The van der Waals surface area contributed by atoms with E-state index < -0.39 is 5.54 Å². The molecular weight excluding hydrogens is 214 g/mol. The Hall–Kier alpha value is -1.86. The van der Waals surface area contributed by atoms with Gasteiger partial charge in [0.2, 0.25) is 5.91 Å². The maximum absolute atomic E-state index is 12.1. The Morgan fingerprint density at radius 2 is 2.29 bits per heavy atom. The van der Waals surface area contributed by atoms with Crippen molar-refractivity contribution in [2.45, 2.75) is 25.3 Å². The van der Waals surface area contributed by atoms with Crippen molar-refractivity contribution >= 4 is 11.6 Å². The van der Waals surface area contributed by atoms with Crippen LogP contribution in [0.3, 0.4) is 0 Å². The van der Waals surface area contributed by atoms with Crippen LogP contribution in [0, 0.1) is 11.3 Å². The van der Waals surface area contributed by atoms with Gasteiger partial charge in [-0.15, -0.1) is 0 Å². The van der Waals surface area contributed by atoms with Gasteiger partial charge in [0, 0.05) is 0 Å². The number of hydrogen-bond donors (Lipinski definition) is 2. The second kappa shape index (κ2) is 4.56. The number of para-hydroxylation sites is 1. The lowest BCUT2D eigenvalue weighted by Gasteiger charge is -2.23. The van der Waals surface area contributed by atoms with Gasteiger partial charge in [-0.1, -0.05) is 12.1 Å². The van der Waals surface area contributed by atoms with Crippen molar-refractivity contribution in [1.82, 2.24) is 5.32 Å². The molecule has 1 aromatic carbocycles. The average Bonchev–Trinajstić information content (AvgIpc) is 2.78. The predicted octanol–water partition coefficient (Wildman–Crippen LogP) is 1.64. The van der Waals surface area contributed by atoms with Crippen LogP contribution in [0.4, 0.5) is 5.69 Å². The van der Waals surface area contributed by atoms with Crippen LogP contribution >= 0.6 is 0 Å². The summed E-state index contributed by atoms with van der Waals surface area (Å²) in [5.74, 6) is -0.0716. The number of carbonyl (C=O) groups excluding carboxylic acids is 1. The van der Waals surface area contributed by atoms with E-state index in [0.717, 1.165) is 19.4 Å². The number of nitriles is 1. The van der Waals surface area contributed by atoms with E-state index >= 15 is 0 Å². The molecule has 1 heterocycles. The Morgan fingerprint density at radius 3 is 2.94 bits per heavy atom. The highest BCUT2D eigenvalue weighted by Crippen LogP contribution is 2.22. The van der Waals surface area contributed by atoms with E-state index in [0.29, 0.717) is 11.3 Å². The number of anilines is 1. The van der Waals surface area contributed by atoms with Gasteiger partial charge in [0.1, 0.15) is 6.07 Å². The van der Waals surface area contributed by atoms with Gasteiger partial charge in [-0.3, -0.25) is 4.79 Å². The summed E-state index contributed by atoms with van der Waals surface area (Å²) < 4.78 is 0. The largest absolute Gasteiger partial charge is 0.323 e. The molecule has 0 radical (unpaired) electrons. The summed E-state index contributed by atoms with van der Waals surface area (Å²) in [5, 5.41) is 15.0. The van der Waals surface area contributed by atoms with E-state index in [9.17, 15) is 4.79 Å². The minimum Gasteiger partial charge on any atom is -0.323 e. The molecule has 17 heavy (non-hydrogen) atoms. The fraction of sp³-hybridized carbons (Fsp3) is 0.385. The van der Waals surface area contributed by atoms with E-state index in [2.05, 4.69) is 16.7 Å². The summed E-state index contributed by atoms with van der Waals surface area (Å²) in [4.78, 5) is 12.1. The molecule has 2 N–H and O–H groups in total. The Balaban J connectivity index is 2.16. The van der Waals surface area contributed by atoms with Crippen LogP contribution in [0.15, 0.2) is 24.3 Å².